The minimum Gasteiger partial charge on any atom is -0.406 e. The number of rotatable bonds is 7. The summed E-state index contributed by atoms with van der Waals surface area (Å²) >= 11 is 1.15. The smallest absolute Gasteiger partial charge is 0.406 e. The van der Waals surface area contributed by atoms with Crippen molar-refractivity contribution in [3.05, 3.63) is 90.3 Å². The molecule has 1 atom stereocenters. The van der Waals surface area contributed by atoms with Gasteiger partial charge in [0, 0.05) is 11.8 Å². The molecule has 1 fully saturated rings. The number of carbonyl (C=O) groups excluding carboxylic acids is 2. The molecular weight excluding hydrogens is 595 g/mol. The van der Waals surface area contributed by atoms with Gasteiger partial charge in [0.1, 0.15) is 18.0 Å². The number of amidine groups is 1. The van der Waals surface area contributed by atoms with E-state index in [1.807, 2.05) is 25.1 Å². The number of carbonyl (C=O) groups is 2. The molecule has 0 spiro atoms. The van der Waals surface area contributed by atoms with Gasteiger partial charge < -0.3 is 4.74 Å². The van der Waals surface area contributed by atoms with Gasteiger partial charge in [-0.3, -0.25) is 9.69 Å². The molecule has 0 N–H and O–H groups in total. The standard InChI is InChI=1S/C30H22F3N7O3S/c1-2-19-5-3-4-6-25(19)40-26(41)17-44-29(40)37-28(42)35-16-22(15-34)20-7-9-21(10-8-20)27-36-18-39(38-27)23-11-13-24(14-12-23)43-30(31,32)33/h3-14,16,18,22H,2,17H2,1H3. The molecule has 2 heterocycles. The maximum atomic E-state index is 12.6. The number of urea groups is 1. The Morgan fingerprint density at radius 3 is 2.55 bits per heavy atom. The second kappa shape index (κ2) is 12.9. The van der Waals surface area contributed by atoms with Crippen LogP contribution in [-0.2, 0) is 11.2 Å². The fraction of sp³-hybridized carbons (Fsp3) is 0.167. The number of nitriles is 1. The lowest BCUT2D eigenvalue weighted by atomic mass is 10.0. The Bertz CT molecular complexity index is 1780. The van der Waals surface area contributed by atoms with Crippen molar-refractivity contribution < 1.29 is 27.5 Å². The van der Waals surface area contributed by atoms with E-state index in [1.165, 1.54) is 46.4 Å². The normalized spacial score (nSPS) is 15.1. The number of aliphatic imine (C=N–C) groups is 2. The zero-order chi connectivity index (χ0) is 31.3. The Balaban J connectivity index is 1.26. The second-order valence-electron chi connectivity index (χ2n) is 9.24. The zero-order valence-electron chi connectivity index (χ0n) is 23.0. The largest absolute Gasteiger partial charge is 0.573 e. The van der Waals surface area contributed by atoms with Gasteiger partial charge in [-0.1, -0.05) is 61.2 Å². The number of anilines is 1. The first-order chi connectivity index (χ1) is 21.1. The molecular formula is C30H22F3N7O3S. The molecule has 0 aliphatic carbocycles. The van der Waals surface area contributed by atoms with Crippen molar-refractivity contribution in [1.82, 2.24) is 14.8 Å². The van der Waals surface area contributed by atoms with Gasteiger partial charge in [-0.05, 0) is 47.9 Å². The predicted octanol–water partition coefficient (Wildman–Crippen LogP) is 6.33. The van der Waals surface area contributed by atoms with Crippen LogP contribution in [0.2, 0.25) is 0 Å². The van der Waals surface area contributed by atoms with E-state index in [1.54, 1.807) is 30.3 Å². The van der Waals surface area contributed by atoms with Gasteiger partial charge in [0.25, 0.3) is 0 Å². The van der Waals surface area contributed by atoms with Crippen molar-refractivity contribution in [2.45, 2.75) is 25.6 Å². The summed E-state index contributed by atoms with van der Waals surface area (Å²) in [6.45, 7) is 1.97. The van der Waals surface area contributed by atoms with Gasteiger partial charge in [0.15, 0.2) is 11.0 Å². The number of benzene rings is 3. The van der Waals surface area contributed by atoms with Gasteiger partial charge in [0.05, 0.1) is 23.2 Å². The van der Waals surface area contributed by atoms with Crippen molar-refractivity contribution in [2.75, 3.05) is 10.7 Å². The van der Waals surface area contributed by atoms with Crippen LogP contribution in [0.25, 0.3) is 17.1 Å². The Morgan fingerprint density at radius 2 is 1.86 bits per heavy atom. The van der Waals surface area contributed by atoms with Crippen LogP contribution in [0.15, 0.2) is 89.1 Å². The highest BCUT2D eigenvalue weighted by atomic mass is 32.2. The third-order valence-corrected chi connectivity index (χ3v) is 7.32. The average Bonchev–Trinajstić information content (AvgIpc) is 3.64. The molecule has 3 aromatic carbocycles. The third-order valence-electron chi connectivity index (χ3n) is 6.40. The SMILES string of the molecule is CCc1ccccc1N1C(=O)CSC1=NC(=O)N=CC(C#N)c1ccc(-c2ncn(-c3ccc(OC(F)(F)F)cc3)n2)cc1. The molecule has 3 amide bonds. The zero-order valence-corrected chi connectivity index (χ0v) is 23.8. The maximum absolute atomic E-state index is 12.6. The summed E-state index contributed by atoms with van der Waals surface area (Å²) in [7, 11) is 0. The molecule has 14 heteroatoms. The van der Waals surface area contributed by atoms with Crippen LogP contribution in [-0.4, -0.2) is 50.2 Å². The number of halogens is 3. The number of para-hydroxylation sites is 1. The molecule has 1 unspecified atom stereocenters. The van der Waals surface area contributed by atoms with Crippen molar-refractivity contribution in [3.8, 4) is 28.9 Å². The van der Waals surface area contributed by atoms with E-state index in [4.69, 9.17) is 0 Å². The Morgan fingerprint density at radius 1 is 1.14 bits per heavy atom. The van der Waals surface area contributed by atoms with Crippen LogP contribution in [0.1, 0.15) is 24.0 Å². The van der Waals surface area contributed by atoms with Gasteiger partial charge >= 0.3 is 12.4 Å². The van der Waals surface area contributed by atoms with E-state index in [2.05, 4.69) is 30.9 Å². The first kappa shape index (κ1) is 30.2. The Kier molecular flexibility index (Phi) is 8.86. The number of ether oxygens (including phenoxy) is 1. The number of hydrogen-bond donors (Lipinski definition) is 0. The van der Waals surface area contributed by atoms with E-state index in [0.29, 0.717) is 34.7 Å². The number of aryl methyl sites for hydroxylation is 1. The van der Waals surface area contributed by atoms with Crippen molar-refractivity contribution in [2.24, 2.45) is 9.98 Å². The highest BCUT2D eigenvalue weighted by Crippen LogP contribution is 2.30. The van der Waals surface area contributed by atoms with Crippen LogP contribution < -0.4 is 9.64 Å². The summed E-state index contributed by atoms with van der Waals surface area (Å²) in [4.78, 5) is 38.7. The summed E-state index contributed by atoms with van der Waals surface area (Å²) in [5.41, 5.74) is 3.26. The van der Waals surface area contributed by atoms with Crippen LogP contribution >= 0.6 is 11.8 Å². The minimum atomic E-state index is -4.78. The molecule has 5 rings (SSSR count). The average molecular weight is 618 g/mol. The van der Waals surface area contributed by atoms with Crippen LogP contribution in [0.4, 0.5) is 23.7 Å². The molecule has 1 aromatic heterocycles. The van der Waals surface area contributed by atoms with Crippen LogP contribution in [0.3, 0.4) is 0 Å². The number of amides is 3. The number of thioether (sulfide) groups is 1. The molecule has 10 nitrogen and oxygen atoms in total. The quantitative estimate of drug-likeness (QED) is 0.222. The van der Waals surface area contributed by atoms with Gasteiger partial charge in [-0.2, -0.15) is 10.3 Å². The Hall–Kier alpha value is -5.29. The lowest BCUT2D eigenvalue weighted by Gasteiger charge is -2.18. The van der Waals surface area contributed by atoms with Crippen molar-refractivity contribution in [3.63, 3.8) is 0 Å². The lowest BCUT2D eigenvalue weighted by Crippen LogP contribution is -2.30. The highest BCUT2D eigenvalue weighted by Gasteiger charge is 2.32. The second-order valence-corrected chi connectivity index (χ2v) is 10.2. The first-order valence-corrected chi connectivity index (χ1v) is 14.1. The molecule has 0 saturated carbocycles. The maximum Gasteiger partial charge on any atom is 0.573 e. The van der Waals surface area contributed by atoms with Crippen molar-refractivity contribution in [1.29, 1.82) is 5.26 Å². The number of alkyl halides is 3. The molecule has 1 aliphatic rings. The molecule has 0 bridgehead atoms. The molecule has 1 aliphatic heterocycles. The van der Waals surface area contributed by atoms with E-state index >= 15 is 0 Å². The fourth-order valence-corrected chi connectivity index (χ4v) is 5.17. The summed E-state index contributed by atoms with van der Waals surface area (Å²) in [5.74, 6) is -0.899. The number of aromatic nitrogens is 3. The predicted molar refractivity (Wildman–Crippen MR) is 159 cm³/mol. The highest BCUT2D eigenvalue weighted by molar-refractivity contribution is 8.15. The van der Waals surface area contributed by atoms with Crippen LogP contribution in [0, 0.1) is 11.3 Å². The molecule has 222 valence electrons. The fourth-order valence-electron chi connectivity index (χ4n) is 4.31. The van der Waals surface area contributed by atoms with E-state index < -0.39 is 18.3 Å². The Labute approximate surface area is 253 Å². The molecule has 44 heavy (non-hydrogen) atoms. The van der Waals surface area contributed by atoms with Gasteiger partial charge in [-0.15, -0.1) is 18.3 Å². The summed E-state index contributed by atoms with van der Waals surface area (Å²) in [6, 6.07) is 20.6. The lowest BCUT2D eigenvalue weighted by molar-refractivity contribution is -0.274. The summed E-state index contributed by atoms with van der Waals surface area (Å²) < 4.78 is 42.5. The van der Waals surface area contributed by atoms with E-state index in [0.717, 1.165) is 17.3 Å². The molecule has 0 radical (unpaired) electrons. The topological polar surface area (TPSA) is 126 Å². The summed E-state index contributed by atoms with van der Waals surface area (Å²) in [5, 5.41) is 14.3. The van der Waals surface area contributed by atoms with Gasteiger partial charge in [0.2, 0.25) is 5.91 Å². The van der Waals surface area contributed by atoms with Crippen molar-refractivity contribution >= 4 is 40.8 Å². The molecule has 1 saturated heterocycles. The molecule has 4 aromatic rings. The van der Waals surface area contributed by atoms with E-state index in [9.17, 15) is 28.0 Å². The van der Waals surface area contributed by atoms with Gasteiger partial charge in [-0.25, -0.2) is 19.5 Å². The number of hydrogen-bond acceptors (Lipinski definition) is 7. The number of nitrogens with zero attached hydrogens (tertiary/aromatic N) is 7. The minimum absolute atomic E-state index is 0.150. The van der Waals surface area contributed by atoms with Crippen LogP contribution in [0.5, 0.6) is 5.75 Å². The van der Waals surface area contributed by atoms with E-state index in [-0.39, 0.29) is 22.6 Å². The summed E-state index contributed by atoms with van der Waals surface area (Å²) in [6.07, 6.45) is -1.47. The third kappa shape index (κ3) is 7.01. The first-order valence-electron chi connectivity index (χ1n) is 13.1. The monoisotopic (exact) mass is 617 g/mol.